The van der Waals surface area contributed by atoms with Crippen molar-refractivity contribution >= 4 is 30.7 Å². The first kappa shape index (κ1) is 11.5. The molecule has 64 valence electrons. The molecule has 1 unspecified atom stereocenters. The molecule has 0 rings (SSSR count). The smallest absolute Gasteiger partial charge is 0.0820 e. The lowest BCUT2D eigenvalue weighted by atomic mass is 10.2. The van der Waals surface area contributed by atoms with Gasteiger partial charge in [-0.15, -0.1) is 6.42 Å². The van der Waals surface area contributed by atoms with Crippen LogP contribution in [0.2, 0.25) is 18.1 Å². The van der Waals surface area contributed by atoms with Crippen molar-refractivity contribution < 1.29 is 0 Å². The van der Waals surface area contributed by atoms with E-state index in [1.807, 2.05) is 0 Å². The molecule has 0 heterocycles. The lowest BCUT2D eigenvalue weighted by Crippen LogP contribution is -2.45. The second kappa shape index (κ2) is 3.49. The predicted molar refractivity (Wildman–Crippen MR) is 63.8 cm³/mol. The average Bonchev–Trinajstić information content (AvgIpc) is 1.83. The number of hydrogen-bond donors (Lipinski definition) is 0. The van der Waals surface area contributed by atoms with E-state index < -0.39 is 8.07 Å². The Bertz CT molecular complexity index is 171. The van der Waals surface area contributed by atoms with Gasteiger partial charge < -0.3 is 0 Å². The van der Waals surface area contributed by atoms with Gasteiger partial charge in [-0.05, 0) is 5.04 Å². The summed E-state index contributed by atoms with van der Waals surface area (Å²) in [5.41, 5.74) is 0. The van der Waals surface area contributed by atoms with Gasteiger partial charge in [0.15, 0.2) is 0 Å². The molecule has 2 heteroatoms. The fraction of sp³-hybridized carbons (Fsp3) is 0.778. The molecule has 0 N–H and O–H groups in total. The van der Waals surface area contributed by atoms with E-state index in [0.717, 1.165) is 0 Å². The first-order chi connectivity index (χ1) is 4.73. The van der Waals surface area contributed by atoms with Gasteiger partial charge in [0.2, 0.25) is 0 Å². The average molecular weight is 280 g/mol. The monoisotopic (exact) mass is 280 g/mol. The van der Waals surface area contributed by atoms with Gasteiger partial charge >= 0.3 is 0 Å². The van der Waals surface area contributed by atoms with E-state index in [2.05, 4.69) is 62.4 Å². The van der Waals surface area contributed by atoms with Crippen molar-refractivity contribution in [1.82, 2.24) is 0 Å². The Hall–Kier alpha value is 0.507. The highest BCUT2D eigenvalue weighted by molar-refractivity contribution is 14.1. The molecule has 0 aromatic heterocycles. The van der Waals surface area contributed by atoms with Crippen LogP contribution in [0.4, 0.5) is 0 Å². The number of alkyl halides is 1. The molecule has 0 spiro atoms. The summed E-state index contributed by atoms with van der Waals surface area (Å²) in [5, 5.41) is 0.408. The van der Waals surface area contributed by atoms with E-state index in [0.29, 0.717) is 8.59 Å². The Kier molecular flexibility index (Phi) is 3.65. The Morgan fingerprint density at radius 2 is 1.73 bits per heavy atom. The van der Waals surface area contributed by atoms with Crippen molar-refractivity contribution in [2.75, 3.05) is 0 Å². The zero-order chi connectivity index (χ0) is 9.28. The second-order valence-electron chi connectivity index (χ2n) is 4.50. The molecule has 0 saturated heterocycles. The summed E-state index contributed by atoms with van der Waals surface area (Å²) in [5.74, 6) is 2.86. The standard InChI is InChI=1S/C9H17ISi/c1-7-8(10)11(5,6)9(2,3)4/h1,8H,2-6H3. The van der Waals surface area contributed by atoms with Crippen molar-refractivity contribution in [1.29, 1.82) is 0 Å². The van der Waals surface area contributed by atoms with Gasteiger partial charge in [-0.2, -0.15) is 0 Å². The quantitative estimate of drug-likeness (QED) is 0.298. The van der Waals surface area contributed by atoms with Gasteiger partial charge in [0.05, 0.1) is 11.6 Å². The van der Waals surface area contributed by atoms with Gasteiger partial charge in [-0.25, -0.2) is 0 Å². The highest BCUT2D eigenvalue weighted by atomic mass is 127. The Labute approximate surface area is 85.3 Å². The number of terminal acetylenes is 1. The molecule has 0 aliphatic carbocycles. The van der Waals surface area contributed by atoms with Crippen LogP contribution in [-0.4, -0.2) is 11.6 Å². The molecule has 0 aromatic rings. The number of rotatable bonds is 1. The first-order valence-electron chi connectivity index (χ1n) is 3.83. The highest BCUT2D eigenvalue weighted by Gasteiger charge is 2.40. The zero-order valence-corrected chi connectivity index (χ0v) is 11.2. The number of halogens is 1. The summed E-state index contributed by atoms with van der Waals surface area (Å²) in [6, 6.07) is 0. The van der Waals surface area contributed by atoms with Crippen LogP contribution in [0.3, 0.4) is 0 Å². The van der Waals surface area contributed by atoms with E-state index >= 15 is 0 Å². The van der Waals surface area contributed by atoms with Crippen molar-refractivity contribution in [2.45, 2.75) is 42.5 Å². The summed E-state index contributed by atoms with van der Waals surface area (Å²) in [7, 11) is -1.26. The van der Waals surface area contributed by atoms with E-state index in [9.17, 15) is 0 Å². The zero-order valence-electron chi connectivity index (χ0n) is 8.03. The fourth-order valence-electron chi connectivity index (χ4n) is 0.589. The van der Waals surface area contributed by atoms with Gasteiger partial charge in [0.25, 0.3) is 0 Å². The Morgan fingerprint density at radius 1 is 1.36 bits per heavy atom. The molecule has 0 aliphatic rings. The van der Waals surface area contributed by atoms with Crippen LogP contribution >= 0.6 is 22.6 Å². The third kappa shape index (κ3) is 2.48. The molecule has 0 saturated carbocycles. The minimum atomic E-state index is -1.26. The van der Waals surface area contributed by atoms with Crippen LogP contribution in [-0.2, 0) is 0 Å². The van der Waals surface area contributed by atoms with Gasteiger partial charge in [-0.3, -0.25) is 0 Å². The molecule has 11 heavy (non-hydrogen) atoms. The van der Waals surface area contributed by atoms with Crippen LogP contribution in [0.15, 0.2) is 0 Å². The molecule has 0 radical (unpaired) electrons. The fourth-order valence-corrected chi connectivity index (χ4v) is 4.57. The van der Waals surface area contributed by atoms with Crippen LogP contribution in [0, 0.1) is 12.3 Å². The first-order valence-corrected chi connectivity index (χ1v) is 8.16. The summed E-state index contributed by atoms with van der Waals surface area (Å²) in [6.45, 7) is 11.6. The van der Waals surface area contributed by atoms with Crippen molar-refractivity contribution in [2.24, 2.45) is 0 Å². The van der Waals surface area contributed by atoms with Crippen molar-refractivity contribution in [3.05, 3.63) is 0 Å². The maximum atomic E-state index is 5.43. The SMILES string of the molecule is C#CC(I)[Si](C)(C)C(C)(C)C. The summed E-state index contributed by atoms with van der Waals surface area (Å²) < 4.78 is 0.445. The molecule has 0 fully saturated rings. The lowest BCUT2D eigenvalue weighted by Gasteiger charge is -2.38. The Balaban J connectivity index is 4.62. The predicted octanol–water partition coefficient (Wildman–Crippen LogP) is 3.47. The van der Waals surface area contributed by atoms with Crippen LogP contribution < -0.4 is 0 Å². The maximum Gasteiger partial charge on any atom is 0.0820 e. The summed E-state index contributed by atoms with van der Waals surface area (Å²) >= 11 is 2.40. The number of hydrogen-bond acceptors (Lipinski definition) is 0. The van der Waals surface area contributed by atoms with Gasteiger partial charge in [-0.1, -0.05) is 62.4 Å². The third-order valence-corrected chi connectivity index (χ3v) is 13.0. The van der Waals surface area contributed by atoms with Crippen LogP contribution in [0.25, 0.3) is 0 Å². The summed E-state index contributed by atoms with van der Waals surface area (Å²) in [6.07, 6.45) is 5.43. The molecule has 0 bridgehead atoms. The van der Waals surface area contributed by atoms with E-state index in [1.165, 1.54) is 0 Å². The molecular weight excluding hydrogens is 263 g/mol. The topological polar surface area (TPSA) is 0 Å². The lowest BCUT2D eigenvalue weighted by molar-refractivity contribution is 0.719. The van der Waals surface area contributed by atoms with Crippen molar-refractivity contribution in [3.8, 4) is 12.3 Å². The normalized spacial score (nSPS) is 15.7. The third-order valence-electron chi connectivity index (χ3n) is 2.71. The molecule has 0 nitrogen and oxygen atoms in total. The van der Waals surface area contributed by atoms with Crippen LogP contribution in [0.1, 0.15) is 20.8 Å². The van der Waals surface area contributed by atoms with Crippen LogP contribution in [0.5, 0.6) is 0 Å². The molecular formula is C9H17ISi. The largest absolute Gasteiger partial charge is 0.119 e. The molecule has 0 amide bonds. The molecule has 1 atom stereocenters. The van der Waals surface area contributed by atoms with E-state index in [1.54, 1.807) is 0 Å². The van der Waals surface area contributed by atoms with E-state index in [4.69, 9.17) is 6.42 Å². The maximum absolute atomic E-state index is 5.43. The molecule has 0 aliphatic heterocycles. The minimum absolute atomic E-state index is 0.408. The van der Waals surface area contributed by atoms with Gasteiger partial charge in [0.1, 0.15) is 0 Å². The minimum Gasteiger partial charge on any atom is -0.119 e. The van der Waals surface area contributed by atoms with Crippen molar-refractivity contribution in [3.63, 3.8) is 0 Å². The second-order valence-corrected chi connectivity index (χ2v) is 12.4. The van der Waals surface area contributed by atoms with E-state index in [-0.39, 0.29) is 0 Å². The Morgan fingerprint density at radius 3 is 1.82 bits per heavy atom. The summed E-state index contributed by atoms with van der Waals surface area (Å²) in [4.78, 5) is 0. The highest BCUT2D eigenvalue weighted by Crippen LogP contribution is 2.40. The molecule has 0 aromatic carbocycles. The van der Waals surface area contributed by atoms with Gasteiger partial charge in [0, 0.05) is 0 Å².